The molecule has 4 rings (SSSR count). The van der Waals surface area contributed by atoms with E-state index in [1.165, 1.54) is 7.11 Å². The third-order valence-corrected chi connectivity index (χ3v) is 11.7. The highest BCUT2D eigenvalue weighted by Gasteiger charge is 2.67. The van der Waals surface area contributed by atoms with Gasteiger partial charge in [-0.1, -0.05) is 48.5 Å². The summed E-state index contributed by atoms with van der Waals surface area (Å²) in [6.45, 7) is 14.4. The van der Waals surface area contributed by atoms with Crippen LogP contribution in [0.3, 0.4) is 0 Å². The fraction of sp³-hybridized carbons (Fsp3) is 0.806. The summed E-state index contributed by atoms with van der Waals surface area (Å²) < 4.78 is 4.77. The largest absolute Gasteiger partial charge is 0.469 e. The van der Waals surface area contributed by atoms with E-state index in [0.717, 1.165) is 30.4 Å². The Morgan fingerprint density at radius 1 is 0.973 bits per heavy atom. The van der Waals surface area contributed by atoms with Crippen molar-refractivity contribution in [3.63, 3.8) is 0 Å². The molecule has 2 saturated carbocycles. The number of methoxy groups -OCH3 is 1. The second kappa shape index (κ2) is 9.14. The van der Waals surface area contributed by atoms with Crippen LogP contribution in [0.15, 0.2) is 11.1 Å². The summed E-state index contributed by atoms with van der Waals surface area (Å²) >= 11 is 0. The molecule has 4 aliphatic carbocycles. The average Bonchev–Trinajstić information content (AvgIpc) is 3.08. The number of hydrogen-bond acceptors (Lipinski definition) is 6. The molecule has 206 valence electrons. The Balaban J connectivity index is 1.67. The first-order chi connectivity index (χ1) is 17.0. The molecule has 0 aromatic rings. The van der Waals surface area contributed by atoms with Gasteiger partial charge in [-0.05, 0) is 54.3 Å². The van der Waals surface area contributed by atoms with Crippen molar-refractivity contribution in [1.82, 2.24) is 0 Å². The Bertz CT molecular complexity index is 1050. The van der Waals surface area contributed by atoms with Crippen molar-refractivity contribution in [2.45, 2.75) is 106 Å². The zero-order chi connectivity index (χ0) is 27.7. The molecular formula is C31H46O6. The number of Topliss-reactive ketones (excluding diaryl/α,β-unsaturated/α-hetero) is 3. The normalized spacial score (nSPS) is 40.4. The average molecular weight is 515 g/mol. The highest BCUT2D eigenvalue weighted by atomic mass is 16.5. The fourth-order valence-corrected chi connectivity index (χ4v) is 9.32. The number of esters is 1. The molecule has 0 spiro atoms. The van der Waals surface area contributed by atoms with E-state index in [2.05, 4.69) is 27.7 Å². The standard InChI is InChI=1S/C31H46O6/c1-17(13-19(32)14-18(2)27(36)37-8)20-9-12-30(6)26-21(33)15-23-28(3,4)24(35)10-11-29(23,5)25(26)22(34)16-31(20,30)7/h17-18,20,23-24,35H,9-16H2,1-8H3/t17-,18?,20-,23+,24-,29+,30+,31-/m1/s1. The predicted octanol–water partition coefficient (Wildman–Crippen LogP) is 5.25. The van der Waals surface area contributed by atoms with E-state index in [4.69, 9.17) is 4.74 Å². The number of aliphatic hydroxyl groups is 1. The van der Waals surface area contributed by atoms with Crippen LogP contribution in [0.25, 0.3) is 0 Å². The van der Waals surface area contributed by atoms with Crippen LogP contribution in [0.2, 0.25) is 0 Å². The van der Waals surface area contributed by atoms with Gasteiger partial charge in [-0.15, -0.1) is 0 Å². The molecule has 37 heavy (non-hydrogen) atoms. The molecule has 0 radical (unpaired) electrons. The van der Waals surface area contributed by atoms with Crippen molar-refractivity contribution in [3.8, 4) is 0 Å². The summed E-state index contributed by atoms with van der Waals surface area (Å²) in [5.74, 6) is -0.509. The van der Waals surface area contributed by atoms with Crippen LogP contribution >= 0.6 is 0 Å². The maximum Gasteiger partial charge on any atom is 0.308 e. The van der Waals surface area contributed by atoms with E-state index in [-0.39, 0.29) is 47.5 Å². The van der Waals surface area contributed by atoms with E-state index < -0.39 is 33.7 Å². The first kappa shape index (κ1) is 28.2. The lowest BCUT2D eigenvalue weighted by molar-refractivity contribution is -0.146. The summed E-state index contributed by atoms with van der Waals surface area (Å²) in [7, 11) is 1.33. The van der Waals surface area contributed by atoms with Crippen molar-refractivity contribution in [1.29, 1.82) is 0 Å². The van der Waals surface area contributed by atoms with E-state index in [1.54, 1.807) is 6.92 Å². The van der Waals surface area contributed by atoms with Crippen molar-refractivity contribution in [2.75, 3.05) is 7.11 Å². The number of hydrogen-bond donors (Lipinski definition) is 1. The Kier molecular flexibility index (Phi) is 6.96. The summed E-state index contributed by atoms with van der Waals surface area (Å²) in [4.78, 5) is 52.7. The van der Waals surface area contributed by atoms with E-state index in [0.29, 0.717) is 25.7 Å². The van der Waals surface area contributed by atoms with Gasteiger partial charge in [-0.2, -0.15) is 0 Å². The zero-order valence-corrected chi connectivity index (χ0v) is 24.0. The van der Waals surface area contributed by atoms with Crippen molar-refractivity contribution in [3.05, 3.63) is 11.1 Å². The number of aliphatic hydroxyl groups excluding tert-OH is 1. The van der Waals surface area contributed by atoms with Gasteiger partial charge in [0.2, 0.25) is 0 Å². The predicted molar refractivity (Wildman–Crippen MR) is 140 cm³/mol. The van der Waals surface area contributed by atoms with Crippen molar-refractivity contribution >= 4 is 23.3 Å². The molecule has 6 heteroatoms. The molecule has 0 heterocycles. The molecule has 6 nitrogen and oxygen atoms in total. The number of fused-ring (bicyclic) bond motifs is 4. The number of carbonyl (C=O) groups is 4. The first-order valence-electron chi connectivity index (χ1n) is 14.1. The number of ketones is 3. The van der Waals surface area contributed by atoms with Crippen molar-refractivity contribution in [2.24, 2.45) is 45.3 Å². The summed E-state index contributed by atoms with van der Waals surface area (Å²) in [5.41, 5.74) is -0.140. The number of ether oxygens (including phenoxy) is 1. The van der Waals surface area contributed by atoms with Crippen molar-refractivity contribution < 1.29 is 29.0 Å². The fourth-order valence-electron chi connectivity index (χ4n) is 9.32. The topological polar surface area (TPSA) is 97.7 Å². The van der Waals surface area contributed by atoms with Crippen LogP contribution in [-0.2, 0) is 23.9 Å². The van der Waals surface area contributed by atoms with Gasteiger partial charge in [0.1, 0.15) is 5.78 Å². The third-order valence-electron chi connectivity index (χ3n) is 11.7. The number of carbonyl (C=O) groups excluding carboxylic acids is 4. The number of allylic oxidation sites excluding steroid dienone is 2. The zero-order valence-electron chi connectivity index (χ0n) is 24.0. The van der Waals surface area contributed by atoms with Gasteiger partial charge in [0.25, 0.3) is 0 Å². The molecule has 0 aliphatic heterocycles. The molecule has 0 bridgehead atoms. The maximum absolute atomic E-state index is 14.1. The van der Waals surface area contributed by atoms with Gasteiger partial charge in [0, 0.05) is 47.7 Å². The van der Waals surface area contributed by atoms with Crippen LogP contribution in [0.5, 0.6) is 0 Å². The molecule has 4 aliphatic rings. The lowest BCUT2D eigenvalue weighted by atomic mass is 9.43. The summed E-state index contributed by atoms with van der Waals surface area (Å²) in [6, 6.07) is 0. The molecule has 2 fully saturated rings. The minimum absolute atomic E-state index is 0.0386. The SMILES string of the molecule is COC(=O)C(C)CC(=O)C[C@@H](C)[C@H]1CC[C@@]2(C)C3=C(C(=O)C[C@]12C)[C@@]1(C)CC[C@@H](O)C(C)(C)[C@@H]1CC3=O. The van der Waals surface area contributed by atoms with Crippen LogP contribution in [0.4, 0.5) is 0 Å². The Morgan fingerprint density at radius 2 is 1.62 bits per heavy atom. The minimum atomic E-state index is -0.476. The Hall–Kier alpha value is -1.82. The van der Waals surface area contributed by atoms with Crippen LogP contribution in [0.1, 0.15) is 99.8 Å². The second-order valence-corrected chi connectivity index (χ2v) is 14.1. The monoisotopic (exact) mass is 514 g/mol. The maximum atomic E-state index is 14.1. The van der Waals surface area contributed by atoms with Gasteiger partial charge in [-0.25, -0.2) is 0 Å². The summed E-state index contributed by atoms with van der Waals surface area (Å²) in [5, 5.41) is 10.8. The van der Waals surface area contributed by atoms with Gasteiger partial charge in [-0.3, -0.25) is 19.2 Å². The molecule has 1 unspecified atom stereocenters. The molecule has 0 saturated heterocycles. The minimum Gasteiger partial charge on any atom is -0.469 e. The lowest BCUT2D eigenvalue weighted by Crippen LogP contribution is -2.59. The molecule has 0 aromatic carbocycles. The molecule has 8 atom stereocenters. The van der Waals surface area contributed by atoms with Gasteiger partial charge >= 0.3 is 5.97 Å². The molecule has 0 aromatic heterocycles. The lowest BCUT2D eigenvalue weighted by Gasteiger charge is -2.60. The van der Waals surface area contributed by atoms with Crippen LogP contribution < -0.4 is 0 Å². The Labute approximate surface area is 222 Å². The van der Waals surface area contributed by atoms with Crippen LogP contribution in [-0.4, -0.2) is 41.6 Å². The second-order valence-electron chi connectivity index (χ2n) is 14.1. The van der Waals surface area contributed by atoms with Gasteiger partial charge in [0.05, 0.1) is 19.1 Å². The highest BCUT2D eigenvalue weighted by molar-refractivity contribution is 6.11. The van der Waals surface area contributed by atoms with E-state index >= 15 is 0 Å². The molecule has 0 amide bonds. The van der Waals surface area contributed by atoms with Gasteiger partial charge in [0.15, 0.2) is 11.6 Å². The smallest absolute Gasteiger partial charge is 0.308 e. The summed E-state index contributed by atoms with van der Waals surface area (Å²) in [6.07, 6.45) is 3.87. The highest BCUT2D eigenvalue weighted by Crippen LogP contribution is 2.71. The quantitative estimate of drug-likeness (QED) is 0.486. The molecule has 1 N–H and O–H groups in total. The number of rotatable bonds is 6. The van der Waals surface area contributed by atoms with E-state index in [9.17, 15) is 24.3 Å². The third kappa shape index (κ3) is 3.99. The van der Waals surface area contributed by atoms with E-state index in [1.807, 2.05) is 13.8 Å². The first-order valence-corrected chi connectivity index (χ1v) is 14.1. The Morgan fingerprint density at radius 3 is 2.24 bits per heavy atom. The molecular weight excluding hydrogens is 468 g/mol. The van der Waals surface area contributed by atoms with Crippen LogP contribution in [0, 0.1) is 45.3 Å². The van der Waals surface area contributed by atoms with Gasteiger partial charge < -0.3 is 9.84 Å².